The summed E-state index contributed by atoms with van der Waals surface area (Å²) >= 11 is 12.6. The lowest BCUT2D eigenvalue weighted by Crippen LogP contribution is -2.56. The van der Waals surface area contributed by atoms with Gasteiger partial charge in [-0.1, -0.05) is 83.4 Å². The molecule has 0 saturated heterocycles. The molecule has 8 nitrogen and oxygen atoms in total. The quantitative estimate of drug-likeness (QED) is 0.166. The van der Waals surface area contributed by atoms with Gasteiger partial charge in [0.1, 0.15) is 18.3 Å². The summed E-state index contributed by atoms with van der Waals surface area (Å²) in [4.78, 5) is 30.2. The smallest absolute Gasteiger partial charge is 0.264 e. The number of anilines is 1. The average Bonchev–Trinajstić information content (AvgIpc) is 3.03. The Morgan fingerprint density at radius 3 is 2.08 bits per heavy atom. The first-order chi connectivity index (χ1) is 22.6. The van der Waals surface area contributed by atoms with E-state index in [1.807, 2.05) is 65.0 Å². The SMILES string of the molecule is COc1ccc(C)cc1N(CC(=O)N(Cc1ccc(Cl)c(Cl)c1)C(Cc1ccccc1)C(=O)NC(C)(C)C)S(=O)(=O)c1ccc(C)cc1. The summed E-state index contributed by atoms with van der Waals surface area (Å²) in [6.07, 6.45) is 0.175. The molecule has 4 aromatic carbocycles. The van der Waals surface area contributed by atoms with Gasteiger partial charge in [0, 0.05) is 18.5 Å². The zero-order chi connectivity index (χ0) is 35.2. The Bertz CT molecular complexity index is 1860. The number of carbonyl (C=O) groups excluding carboxylic acids is 2. The van der Waals surface area contributed by atoms with Crippen LogP contribution in [0.1, 0.15) is 43.0 Å². The Morgan fingerprint density at radius 1 is 0.833 bits per heavy atom. The molecule has 0 spiro atoms. The number of benzene rings is 4. The standard InChI is InChI=1S/C37H41Cl2N3O5S/c1-25-12-16-29(17-13-25)48(45,46)42(32-20-26(2)14-19-34(32)47-6)24-35(43)41(23-28-15-18-30(38)31(39)21-28)33(36(44)40-37(3,4)5)22-27-10-8-7-9-11-27/h7-21,33H,22-24H2,1-6H3,(H,40,44). The summed E-state index contributed by atoms with van der Waals surface area (Å²) in [7, 11) is -2.86. The van der Waals surface area contributed by atoms with Crippen LogP contribution >= 0.6 is 23.2 Å². The molecule has 0 aliphatic heterocycles. The number of hydrogen-bond donors (Lipinski definition) is 1. The molecule has 1 atom stereocenters. The number of methoxy groups -OCH3 is 1. The third-order valence-electron chi connectivity index (χ3n) is 7.60. The molecule has 0 aromatic heterocycles. The van der Waals surface area contributed by atoms with E-state index in [4.69, 9.17) is 27.9 Å². The Balaban J connectivity index is 1.88. The van der Waals surface area contributed by atoms with E-state index in [1.165, 1.54) is 24.1 Å². The molecular formula is C37H41Cl2N3O5S. The van der Waals surface area contributed by atoms with Gasteiger partial charge in [0.15, 0.2) is 0 Å². The van der Waals surface area contributed by atoms with Crippen LogP contribution in [0.3, 0.4) is 0 Å². The highest BCUT2D eigenvalue weighted by molar-refractivity contribution is 7.92. The molecule has 4 rings (SSSR count). The van der Waals surface area contributed by atoms with E-state index in [2.05, 4.69) is 5.32 Å². The largest absolute Gasteiger partial charge is 0.495 e. The van der Waals surface area contributed by atoms with E-state index >= 15 is 0 Å². The van der Waals surface area contributed by atoms with Gasteiger partial charge < -0.3 is 15.0 Å². The van der Waals surface area contributed by atoms with E-state index in [0.29, 0.717) is 10.6 Å². The number of rotatable bonds is 12. The summed E-state index contributed by atoms with van der Waals surface area (Å²) in [6.45, 7) is 8.59. The number of ether oxygens (including phenoxy) is 1. The molecule has 0 aliphatic carbocycles. The Hall–Kier alpha value is -4.05. The topological polar surface area (TPSA) is 96.0 Å². The summed E-state index contributed by atoms with van der Waals surface area (Å²) in [5.41, 5.74) is 2.66. The Morgan fingerprint density at radius 2 is 1.48 bits per heavy atom. The predicted molar refractivity (Wildman–Crippen MR) is 192 cm³/mol. The van der Waals surface area contributed by atoms with Crippen molar-refractivity contribution in [3.8, 4) is 5.75 Å². The number of sulfonamides is 1. The highest BCUT2D eigenvalue weighted by atomic mass is 35.5. The van der Waals surface area contributed by atoms with Gasteiger partial charge >= 0.3 is 0 Å². The van der Waals surface area contributed by atoms with Crippen molar-refractivity contribution in [1.82, 2.24) is 10.2 Å². The summed E-state index contributed by atoms with van der Waals surface area (Å²) in [6, 6.07) is 24.8. The van der Waals surface area contributed by atoms with Gasteiger partial charge in [0.2, 0.25) is 11.8 Å². The molecule has 4 aromatic rings. The second-order valence-electron chi connectivity index (χ2n) is 12.7. The number of nitrogens with zero attached hydrogens (tertiary/aromatic N) is 2. The van der Waals surface area contributed by atoms with Gasteiger partial charge in [-0.05, 0) is 87.7 Å². The first-order valence-corrected chi connectivity index (χ1v) is 17.6. The summed E-state index contributed by atoms with van der Waals surface area (Å²) in [5, 5.41) is 3.65. The molecule has 0 heterocycles. The van der Waals surface area contributed by atoms with Crippen molar-refractivity contribution in [2.75, 3.05) is 18.0 Å². The van der Waals surface area contributed by atoms with E-state index in [1.54, 1.807) is 48.5 Å². The van der Waals surface area contributed by atoms with Crippen LogP contribution in [-0.4, -0.2) is 50.4 Å². The van der Waals surface area contributed by atoms with Gasteiger partial charge in [0.25, 0.3) is 10.0 Å². The minimum Gasteiger partial charge on any atom is -0.495 e. The number of carbonyl (C=O) groups is 2. The number of nitrogens with one attached hydrogen (secondary N) is 1. The lowest BCUT2D eigenvalue weighted by atomic mass is 10.0. The average molecular weight is 711 g/mol. The van der Waals surface area contributed by atoms with Gasteiger partial charge in [-0.3, -0.25) is 13.9 Å². The van der Waals surface area contributed by atoms with Crippen LogP contribution in [-0.2, 0) is 32.6 Å². The molecule has 0 saturated carbocycles. The highest BCUT2D eigenvalue weighted by Gasteiger charge is 2.36. The first kappa shape index (κ1) is 36.8. The van der Waals surface area contributed by atoms with E-state index in [-0.39, 0.29) is 40.2 Å². The summed E-state index contributed by atoms with van der Waals surface area (Å²) in [5.74, 6) is -0.724. The molecule has 1 N–H and O–H groups in total. The minimum absolute atomic E-state index is 0.00630. The zero-order valence-corrected chi connectivity index (χ0v) is 30.3. The monoisotopic (exact) mass is 709 g/mol. The van der Waals surface area contributed by atoms with Crippen molar-refractivity contribution in [1.29, 1.82) is 0 Å². The number of hydrogen-bond acceptors (Lipinski definition) is 5. The van der Waals surface area contributed by atoms with Crippen LogP contribution in [0.2, 0.25) is 10.0 Å². The second kappa shape index (κ2) is 15.4. The van der Waals surface area contributed by atoms with Crippen LogP contribution in [0, 0.1) is 13.8 Å². The van der Waals surface area contributed by atoms with E-state index in [0.717, 1.165) is 21.0 Å². The van der Waals surface area contributed by atoms with Crippen LogP contribution in [0.15, 0.2) is 95.9 Å². The summed E-state index contributed by atoms with van der Waals surface area (Å²) < 4.78 is 35.4. The van der Waals surface area contributed by atoms with E-state index in [9.17, 15) is 18.0 Å². The molecule has 254 valence electrons. The van der Waals surface area contributed by atoms with Gasteiger partial charge in [-0.2, -0.15) is 0 Å². The lowest BCUT2D eigenvalue weighted by molar-refractivity contribution is -0.140. The number of amides is 2. The fourth-order valence-electron chi connectivity index (χ4n) is 5.19. The van der Waals surface area contributed by atoms with Gasteiger partial charge in [0.05, 0.1) is 27.7 Å². The third-order valence-corrected chi connectivity index (χ3v) is 10.1. The fourth-order valence-corrected chi connectivity index (χ4v) is 6.92. The molecule has 0 aliphatic rings. The van der Waals surface area contributed by atoms with Crippen molar-refractivity contribution in [2.24, 2.45) is 0 Å². The van der Waals surface area contributed by atoms with Gasteiger partial charge in [-0.15, -0.1) is 0 Å². The highest BCUT2D eigenvalue weighted by Crippen LogP contribution is 2.34. The maximum atomic E-state index is 14.7. The van der Waals surface area contributed by atoms with Crippen LogP contribution in [0.5, 0.6) is 5.75 Å². The zero-order valence-electron chi connectivity index (χ0n) is 28.0. The predicted octanol–water partition coefficient (Wildman–Crippen LogP) is 7.37. The van der Waals surface area contributed by atoms with Crippen LogP contribution < -0.4 is 14.4 Å². The van der Waals surface area contributed by atoms with Gasteiger partial charge in [-0.25, -0.2) is 8.42 Å². The maximum Gasteiger partial charge on any atom is 0.264 e. The number of aryl methyl sites for hydroxylation is 2. The van der Waals surface area contributed by atoms with Crippen molar-refractivity contribution >= 4 is 50.7 Å². The lowest BCUT2D eigenvalue weighted by Gasteiger charge is -2.35. The molecule has 0 radical (unpaired) electrons. The third kappa shape index (κ3) is 9.30. The van der Waals surface area contributed by atoms with Crippen molar-refractivity contribution in [3.63, 3.8) is 0 Å². The molecule has 0 bridgehead atoms. The van der Waals surface area contributed by atoms with Crippen molar-refractivity contribution in [2.45, 2.75) is 64.1 Å². The van der Waals surface area contributed by atoms with Crippen molar-refractivity contribution in [3.05, 3.63) is 123 Å². The minimum atomic E-state index is -4.30. The fraction of sp³-hybridized carbons (Fsp3) is 0.297. The van der Waals surface area contributed by atoms with E-state index < -0.39 is 34.1 Å². The Kier molecular flexibility index (Phi) is 11.8. The first-order valence-electron chi connectivity index (χ1n) is 15.4. The molecule has 2 amide bonds. The van der Waals surface area contributed by atoms with Crippen molar-refractivity contribution < 1.29 is 22.7 Å². The number of halogens is 2. The molecular weight excluding hydrogens is 669 g/mol. The maximum absolute atomic E-state index is 14.7. The van der Waals surface area contributed by atoms with Crippen LogP contribution in [0.25, 0.3) is 0 Å². The van der Waals surface area contributed by atoms with Crippen LogP contribution in [0.4, 0.5) is 5.69 Å². The molecule has 1 unspecified atom stereocenters. The molecule has 0 fully saturated rings. The molecule has 48 heavy (non-hydrogen) atoms. The Labute approximate surface area is 293 Å². The molecule has 11 heteroatoms. The second-order valence-corrected chi connectivity index (χ2v) is 15.4. The normalized spacial score (nSPS) is 12.2.